The van der Waals surface area contributed by atoms with Crippen LogP contribution in [0.3, 0.4) is 0 Å². The Morgan fingerprint density at radius 2 is 2.27 bits per heavy atom. The highest BCUT2D eigenvalue weighted by Crippen LogP contribution is 2.15. The zero-order chi connectivity index (χ0) is 10.5. The first-order valence-corrected chi connectivity index (χ1v) is 6.45. The van der Waals surface area contributed by atoms with Crippen LogP contribution in [0.1, 0.15) is 32.6 Å². The van der Waals surface area contributed by atoms with Gasteiger partial charge in [0.2, 0.25) is 0 Å². The molecule has 0 spiro atoms. The van der Waals surface area contributed by atoms with E-state index in [0.717, 1.165) is 19.3 Å². The largest absolute Gasteiger partial charge is 0.380 e. The molecule has 2 heterocycles. The van der Waals surface area contributed by atoms with Crippen LogP contribution in [0.2, 0.25) is 0 Å². The number of nitrogens with one attached hydrogen (secondary N) is 1. The van der Waals surface area contributed by atoms with Crippen LogP contribution in [0.15, 0.2) is 0 Å². The quantitative estimate of drug-likeness (QED) is 0.745. The highest BCUT2D eigenvalue weighted by atomic mass is 16.5. The molecule has 2 unspecified atom stereocenters. The van der Waals surface area contributed by atoms with E-state index in [1.54, 1.807) is 0 Å². The van der Waals surface area contributed by atoms with Gasteiger partial charge >= 0.3 is 0 Å². The van der Waals surface area contributed by atoms with Gasteiger partial charge in [0.1, 0.15) is 0 Å². The van der Waals surface area contributed by atoms with E-state index in [1.165, 1.54) is 45.3 Å². The third-order valence-corrected chi connectivity index (χ3v) is 3.73. The van der Waals surface area contributed by atoms with Crippen molar-refractivity contribution < 1.29 is 4.74 Å². The van der Waals surface area contributed by atoms with Crippen molar-refractivity contribution in [2.45, 2.75) is 44.7 Å². The number of ether oxygens (including phenoxy) is 1. The number of hydrogen-bond donors (Lipinski definition) is 1. The zero-order valence-corrected chi connectivity index (χ0v) is 9.87. The molecular weight excluding hydrogens is 188 g/mol. The summed E-state index contributed by atoms with van der Waals surface area (Å²) in [5.41, 5.74) is 0. The lowest BCUT2D eigenvalue weighted by Crippen LogP contribution is -2.44. The van der Waals surface area contributed by atoms with Crippen molar-refractivity contribution in [3.8, 4) is 0 Å². The fourth-order valence-corrected chi connectivity index (χ4v) is 2.65. The summed E-state index contributed by atoms with van der Waals surface area (Å²) in [6, 6.07) is 1.44. The monoisotopic (exact) mass is 212 g/mol. The number of hydrogen-bond acceptors (Lipinski definition) is 3. The third kappa shape index (κ3) is 3.16. The smallest absolute Gasteiger partial charge is 0.0622 e. The fraction of sp³-hybridized carbons (Fsp3) is 1.00. The maximum Gasteiger partial charge on any atom is 0.0622 e. The first-order valence-electron chi connectivity index (χ1n) is 6.45. The van der Waals surface area contributed by atoms with E-state index < -0.39 is 0 Å². The Labute approximate surface area is 93.2 Å². The van der Waals surface area contributed by atoms with Crippen LogP contribution in [0.4, 0.5) is 0 Å². The van der Waals surface area contributed by atoms with Crippen molar-refractivity contribution in [3.63, 3.8) is 0 Å². The lowest BCUT2D eigenvalue weighted by atomic mass is 10.1. The van der Waals surface area contributed by atoms with Crippen LogP contribution < -0.4 is 5.32 Å². The first-order chi connectivity index (χ1) is 7.40. The first kappa shape index (κ1) is 11.4. The summed E-state index contributed by atoms with van der Waals surface area (Å²) in [6.45, 7) is 7.89. The number of nitrogens with zero attached hydrogens (tertiary/aromatic N) is 1. The lowest BCUT2D eigenvalue weighted by molar-refractivity contribution is 0.132. The van der Waals surface area contributed by atoms with E-state index in [2.05, 4.69) is 17.1 Å². The van der Waals surface area contributed by atoms with Crippen molar-refractivity contribution in [3.05, 3.63) is 0 Å². The zero-order valence-electron chi connectivity index (χ0n) is 9.87. The molecule has 2 aliphatic rings. The van der Waals surface area contributed by atoms with Gasteiger partial charge in [-0.15, -0.1) is 0 Å². The minimum Gasteiger partial charge on any atom is -0.380 e. The second-order valence-electron chi connectivity index (χ2n) is 4.75. The molecule has 0 aliphatic carbocycles. The Kier molecular flexibility index (Phi) is 4.42. The second-order valence-corrected chi connectivity index (χ2v) is 4.75. The molecule has 0 aromatic carbocycles. The maximum atomic E-state index is 5.48. The summed E-state index contributed by atoms with van der Waals surface area (Å²) in [7, 11) is 0. The molecule has 2 rings (SSSR count). The molecule has 88 valence electrons. The highest BCUT2D eigenvalue weighted by Gasteiger charge is 2.24. The Bertz CT molecular complexity index is 180. The van der Waals surface area contributed by atoms with Crippen LogP contribution in [0, 0.1) is 0 Å². The molecular formula is C12H24N2O. The van der Waals surface area contributed by atoms with Crippen LogP contribution >= 0.6 is 0 Å². The molecule has 0 saturated carbocycles. The minimum atomic E-state index is 0.709. The van der Waals surface area contributed by atoms with Crippen molar-refractivity contribution in [1.29, 1.82) is 0 Å². The topological polar surface area (TPSA) is 24.5 Å². The van der Waals surface area contributed by atoms with Crippen molar-refractivity contribution in [1.82, 2.24) is 10.2 Å². The van der Waals surface area contributed by atoms with Gasteiger partial charge in [-0.1, -0.05) is 6.92 Å². The Balaban J connectivity index is 1.82. The molecule has 0 amide bonds. The Morgan fingerprint density at radius 3 is 3.00 bits per heavy atom. The molecule has 0 bridgehead atoms. The van der Waals surface area contributed by atoms with Gasteiger partial charge in [0.15, 0.2) is 0 Å². The van der Waals surface area contributed by atoms with Gasteiger partial charge in [0, 0.05) is 25.2 Å². The van der Waals surface area contributed by atoms with E-state index in [0.29, 0.717) is 6.04 Å². The Hall–Kier alpha value is -0.120. The molecule has 3 heteroatoms. The molecule has 2 atom stereocenters. The van der Waals surface area contributed by atoms with E-state index in [-0.39, 0.29) is 0 Å². The molecule has 15 heavy (non-hydrogen) atoms. The standard InChI is InChI=1S/C12H24N2O/c1-2-11-4-8-14(7-3-6-13-11)12-5-9-15-10-12/h11-13H,2-10H2,1H3. The normalized spacial score (nSPS) is 35.0. The predicted octanol–water partition coefficient (Wildman–Crippen LogP) is 1.24. The van der Waals surface area contributed by atoms with Gasteiger partial charge in [-0.05, 0) is 38.8 Å². The predicted molar refractivity (Wildman–Crippen MR) is 62.1 cm³/mol. The van der Waals surface area contributed by atoms with Gasteiger partial charge in [-0.2, -0.15) is 0 Å². The van der Waals surface area contributed by atoms with Gasteiger partial charge in [-0.25, -0.2) is 0 Å². The van der Waals surface area contributed by atoms with Crippen LogP contribution in [-0.2, 0) is 4.74 Å². The molecule has 2 fully saturated rings. The molecule has 0 aromatic rings. The summed E-state index contributed by atoms with van der Waals surface area (Å²) >= 11 is 0. The molecule has 3 nitrogen and oxygen atoms in total. The average Bonchev–Trinajstić information content (AvgIpc) is 2.71. The molecule has 1 N–H and O–H groups in total. The average molecular weight is 212 g/mol. The number of rotatable bonds is 2. The minimum absolute atomic E-state index is 0.709. The summed E-state index contributed by atoms with van der Waals surface area (Å²) in [5, 5.41) is 3.62. The van der Waals surface area contributed by atoms with Crippen molar-refractivity contribution in [2.75, 3.05) is 32.8 Å². The van der Waals surface area contributed by atoms with Crippen molar-refractivity contribution >= 4 is 0 Å². The van der Waals surface area contributed by atoms with Gasteiger partial charge in [0.25, 0.3) is 0 Å². The van der Waals surface area contributed by atoms with E-state index >= 15 is 0 Å². The Morgan fingerprint density at radius 1 is 1.33 bits per heavy atom. The van der Waals surface area contributed by atoms with E-state index in [1.807, 2.05) is 0 Å². The SMILES string of the molecule is CCC1CCN(C2CCOC2)CCCN1. The van der Waals surface area contributed by atoms with Gasteiger partial charge in [0.05, 0.1) is 6.61 Å². The summed E-state index contributed by atoms with van der Waals surface area (Å²) in [5.74, 6) is 0. The highest BCUT2D eigenvalue weighted by molar-refractivity contribution is 4.79. The maximum absolute atomic E-state index is 5.48. The second kappa shape index (κ2) is 5.83. The van der Waals surface area contributed by atoms with E-state index in [4.69, 9.17) is 4.74 Å². The summed E-state index contributed by atoms with van der Waals surface area (Å²) in [4.78, 5) is 2.65. The van der Waals surface area contributed by atoms with Crippen LogP contribution in [0.25, 0.3) is 0 Å². The molecule has 2 aliphatic heterocycles. The van der Waals surface area contributed by atoms with Gasteiger partial charge in [-0.3, -0.25) is 4.90 Å². The molecule has 0 radical (unpaired) electrons. The lowest BCUT2D eigenvalue weighted by Gasteiger charge is -2.32. The summed E-state index contributed by atoms with van der Waals surface area (Å²) in [6.07, 6.45) is 5.08. The molecule has 2 saturated heterocycles. The van der Waals surface area contributed by atoms with Crippen molar-refractivity contribution in [2.24, 2.45) is 0 Å². The fourth-order valence-electron chi connectivity index (χ4n) is 2.65. The van der Waals surface area contributed by atoms with Crippen LogP contribution in [0.5, 0.6) is 0 Å². The van der Waals surface area contributed by atoms with Crippen LogP contribution in [-0.4, -0.2) is 49.8 Å². The molecule has 0 aromatic heterocycles. The third-order valence-electron chi connectivity index (χ3n) is 3.73. The van der Waals surface area contributed by atoms with E-state index in [9.17, 15) is 0 Å². The summed E-state index contributed by atoms with van der Waals surface area (Å²) < 4.78 is 5.48. The van der Waals surface area contributed by atoms with Gasteiger partial charge < -0.3 is 10.1 Å².